The van der Waals surface area contributed by atoms with E-state index >= 15 is 0 Å². The van der Waals surface area contributed by atoms with E-state index in [1.165, 1.54) is 38.8 Å². The van der Waals surface area contributed by atoms with Crippen LogP contribution in [0.3, 0.4) is 0 Å². The van der Waals surface area contributed by atoms with Crippen LogP contribution >= 0.6 is 0 Å². The highest BCUT2D eigenvalue weighted by atomic mass is 16.5. The zero-order chi connectivity index (χ0) is 14.2. The van der Waals surface area contributed by atoms with Gasteiger partial charge in [-0.05, 0) is 57.0 Å². The zero-order valence-electron chi connectivity index (χ0n) is 12.7. The summed E-state index contributed by atoms with van der Waals surface area (Å²) in [6.45, 7) is 6.43. The molecular weight excluding hydrogens is 248 g/mol. The number of hydrogen-bond acceptors (Lipinski definition) is 3. The molecule has 20 heavy (non-hydrogen) atoms. The maximum atomic E-state index is 5.97. The van der Waals surface area contributed by atoms with E-state index in [4.69, 9.17) is 10.5 Å². The average Bonchev–Trinajstić information content (AvgIpc) is 2.74. The fourth-order valence-corrected chi connectivity index (χ4v) is 2.72. The third-order valence-electron chi connectivity index (χ3n) is 4.05. The second-order valence-corrected chi connectivity index (χ2v) is 5.82. The molecule has 0 amide bonds. The molecule has 0 aliphatic carbocycles. The molecule has 2 rings (SSSR count). The molecule has 3 nitrogen and oxygen atoms in total. The number of likely N-dealkylation sites (tertiary alicyclic amines) is 1. The summed E-state index contributed by atoms with van der Waals surface area (Å²) in [7, 11) is 0. The molecule has 3 heteroatoms. The maximum Gasteiger partial charge on any atom is 0.119 e. The summed E-state index contributed by atoms with van der Waals surface area (Å²) >= 11 is 0. The summed E-state index contributed by atoms with van der Waals surface area (Å²) in [5, 5.41) is 0. The molecular formula is C17H28N2O. The monoisotopic (exact) mass is 276 g/mol. The fraction of sp³-hybridized carbons (Fsp3) is 0.647. The van der Waals surface area contributed by atoms with Crippen LogP contribution in [-0.2, 0) is 6.54 Å². The molecule has 1 atom stereocenters. The molecule has 1 aromatic rings. The Labute approximate surface area is 123 Å². The molecule has 1 heterocycles. The van der Waals surface area contributed by atoms with E-state index in [-0.39, 0.29) is 6.10 Å². The lowest BCUT2D eigenvalue weighted by Crippen LogP contribution is -2.29. The Morgan fingerprint density at radius 1 is 1.10 bits per heavy atom. The zero-order valence-corrected chi connectivity index (χ0v) is 12.7. The Bertz CT molecular complexity index is 369. The third kappa shape index (κ3) is 5.14. The topological polar surface area (TPSA) is 38.5 Å². The van der Waals surface area contributed by atoms with E-state index in [9.17, 15) is 0 Å². The van der Waals surface area contributed by atoms with Crippen molar-refractivity contribution in [3.8, 4) is 5.75 Å². The molecule has 0 saturated carbocycles. The van der Waals surface area contributed by atoms with E-state index in [1.54, 1.807) is 0 Å². The van der Waals surface area contributed by atoms with Crippen LogP contribution in [-0.4, -0.2) is 30.6 Å². The number of ether oxygens (including phenoxy) is 1. The molecule has 1 saturated heterocycles. The Morgan fingerprint density at radius 3 is 2.35 bits per heavy atom. The van der Waals surface area contributed by atoms with Crippen molar-refractivity contribution in [2.45, 2.75) is 51.7 Å². The minimum atomic E-state index is 0.266. The Morgan fingerprint density at radius 2 is 1.75 bits per heavy atom. The van der Waals surface area contributed by atoms with Gasteiger partial charge in [-0.25, -0.2) is 0 Å². The molecule has 112 valence electrons. The minimum Gasteiger partial charge on any atom is -0.491 e. The van der Waals surface area contributed by atoms with Gasteiger partial charge < -0.3 is 15.4 Å². The quantitative estimate of drug-likeness (QED) is 0.867. The van der Waals surface area contributed by atoms with Crippen molar-refractivity contribution in [1.82, 2.24) is 4.90 Å². The van der Waals surface area contributed by atoms with Crippen LogP contribution in [0.1, 0.15) is 44.6 Å². The molecule has 0 spiro atoms. The van der Waals surface area contributed by atoms with E-state index in [1.807, 2.05) is 24.3 Å². The summed E-state index contributed by atoms with van der Waals surface area (Å²) in [5.74, 6) is 0.950. The number of hydrogen-bond donors (Lipinski definition) is 1. The molecule has 0 radical (unpaired) electrons. The van der Waals surface area contributed by atoms with Gasteiger partial charge in [0.1, 0.15) is 5.75 Å². The predicted molar refractivity (Wildman–Crippen MR) is 83.9 cm³/mol. The van der Waals surface area contributed by atoms with Gasteiger partial charge in [0.15, 0.2) is 0 Å². The van der Waals surface area contributed by atoms with E-state index < -0.39 is 0 Å². The van der Waals surface area contributed by atoms with Crippen molar-refractivity contribution in [2.24, 2.45) is 5.73 Å². The molecule has 0 aromatic heterocycles. The highest BCUT2D eigenvalue weighted by molar-refractivity contribution is 5.27. The van der Waals surface area contributed by atoms with Crippen LogP contribution < -0.4 is 10.5 Å². The number of nitrogens with two attached hydrogens (primary N) is 1. The molecule has 1 aromatic carbocycles. The van der Waals surface area contributed by atoms with Gasteiger partial charge in [-0.15, -0.1) is 0 Å². The van der Waals surface area contributed by atoms with Gasteiger partial charge >= 0.3 is 0 Å². The lowest BCUT2D eigenvalue weighted by molar-refractivity contribution is 0.178. The Balaban J connectivity index is 1.72. The maximum absolute atomic E-state index is 5.97. The van der Waals surface area contributed by atoms with E-state index in [0.29, 0.717) is 6.54 Å². The molecule has 0 bridgehead atoms. The number of benzene rings is 1. The van der Waals surface area contributed by atoms with Gasteiger partial charge in [-0.1, -0.05) is 25.0 Å². The first-order chi connectivity index (χ1) is 9.78. The van der Waals surface area contributed by atoms with E-state index in [0.717, 1.165) is 24.3 Å². The molecule has 2 N–H and O–H groups in total. The third-order valence-corrected chi connectivity index (χ3v) is 4.05. The van der Waals surface area contributed by atoms with Crippen molar-refractivity contribution < 1.29 is 4.74 Å². The summed E-state index contributed by atoms with van der Waals surface area (Å²) in [5.41, 5.74) is 6.75. The summed E-state index contributed by atoms with van der Waals surface area (Å²) in [6, 6.07) is 8.11. The normalized spacial score (nSPS) is 18.5. The van der Waals surface area contributed by atoms with E-state index in [2.05, 4.69) is 11.8 Å². The molecule has 1 aliphatic heterocycles. The largest absolute Gasteiger partial charge is 0.491 e. The van der Waals surface area contributed by atoms with Gasteiger partial charge in [0, 0.05) is 13.1 Å². The predicted octanol–water partition coefficient (Wildman–Crippen LogP) is 3.18. The minimum absolute atomic E-state index is 0.266. The molecule has 1 aliphatic rings. The molecule has 1 fully saturated rings. The van der Waals surface area contributed by atoms with Crippen molar-refractivity contribution >= 4 is 0 Å². The standard InChI is InChI=1S/C17H28N2O/c1-15(10-13-19-11-4-2-3-5-12-19)20-17-8-6-16(14-18)7-9-17/h6-9,15H,2-5,10-14,18H2,1H3. The SMILES string of the molecule is CC(CCN1CCCCCC1)Oc1ccc(CN)cc1. The lowest BCUT2D eigenvalue weighted by Gasteiger charge is -2.22. The average molecular weight is 276 g/mol. The second kappa shape index (κ2) is 8.28. The summed E-state index contributed by atoms with van der Waals surface area (Å²) in [6.07, 6.45) is 6.87. The van der Waals surface area contributed by atoms with Crippen LogP contribution in [0.15, 0.2) is 24.3 Å². The highest BCUT2D eigenvalue weighted by Crippen LogP contribution is 2.16. The first-order valence-corrected chi connectivity index (χ1v) is 7.96. The Hall–Kier alpha value is -1.06. The van der Waals surface area contributed by atoms with Gasteiger partial charge in [-0.2, -0.15) is 0 Å². The number of rotatable bonds is 6. The van der Waals surface area contributed by atoms with Crippen LogP contribution in [0, 0.1) is 0 Å². The van der Waals surface area contributed by atoms with Crippen LogP contribution in [0.4, 0.5) is 0 Å². The van der Waals surface area contributed by atoms with Crippen molar-refractivity contribution in [1.29, 1.82) is 0 Å². The smallest absolute Gasteiger partial charge is 0.119 e. The van der Waals surface area contributed by atoms with Gasteiger partial charge in [-0.3, -0.25) is 0 Å². The molecule has 1 unspecified atom stereocenters. The highest BCUT2D eigenvalue weighted by Gasteiger charge is 2.11. The van der Waals surface area contributed by atoms with Crippen LogP contribution in [0.25, 0.3) is 0 Å². The first kappa shape index (κ1) is 15.3. The number of nitrogens with zero attached hydrogens (tertiary/aromatic N) is 1. The van der Waals surface area contributed by atoms with Gasteiger partial charge in [0.05, 0.1) is 6.10 Å². The lowest BCUT2D eigenvalue weighted by atomic mass is 10.2. The first-order valence-electron chi connectivity index (χ1n) is 7.96. The van der Waals surface area contributed by atoms with Gasteiger partial charge in [0.25, 0.3) is 0 Å². The second-order valence-electron chi connectivity index (χ2n) is 5.82. The summed E-state index contributed by atoms with van der Waals surface area (Å²) < 4.78 is 5.97. The fourth-order valence-electron chi connectivity index (χ4n) is 2.72. The van der Waals surface area contributed by atoms with Crippen molar-refractivity contribution in [3.63, 3.8) is 0 Å². The van der Waals surface area contributed by atoms with Crippen LogP contribution in [0.5, 0.6) is 5.75 Å². The van der Waals surface area contributed by atoms with Crippen LogP contribution in [0.2, 0.25) is 0 Å². The van der Waals surface area contributed by atoms with Crippen molar-refractivity contribution in [2.75, 3.05) is 19.6 Å². The van der Waals surface area contributed by atoms with Crippen molar-refractivity contribution in [3.05, 3.63) is 29.8 Å². The van der Waals surface area contributed by atoms with Gasteiger partial charge in [0.2, 0.25) is 0 Å². The Kier molecular flexibility index (Phi) is 6.34. The summed E-state index contributed by atoms with van der Waals surface area (Å²) in [4.78, 5) is 2.59.